The summed E-state index contributed by atoms with van der Waals surface area (Å²) in [6.07, 6.45) is 4.56. The van der Waals surface area contributed by atoms with Crippen LogP contribution in [0.3, 0.4) is 0 Å². The van der Waals surface area contributed by atoms with Gasteiger partial charge in [0, 0.05) is 32.0 Å². The second kappa shape index (κ2) is 6.98. The molecule has 0 amide bonds. The zero-order chi connectivity index (χ0) is 14.4. The van der Waals surface area contributed by atoms with Gasteiger partial charge in [-0.3, -0.25) is 0 Å². The van der Waals surface area contributed by atoms with Crippen molar-refractivity contribution in [3.63, 3.8) is 0 Å². The topological polar surface area (TPSA) is 106 Å². The van der Waals surface area contributed by atoms with Gasteiger partial charge in [0.15, 0.2) is 0 Å². The summed E-state index contributed by atoms with van der Waals surface area (Å²) in [6.45, 7) is 1.72. The van der Waals surface area contributed by atoms with Crippen molar-refractivity contribution in [1.29, 1.82) is 0 Å². The first-order chi connectivity index (χ1) is 9.62. The van der Waals surface area contributed by atoms with Crippen LogP contribution >= 0.6 is 0 Å². The number of nitrogens with zero attached hydrogens (tertiary/aromatic N) is 1. The predicted molar refractivity (Wildman–Crippen MR) is 75.4 cm³/mol. The van der Waals surface area contributed by atoms with Crippen molar-refractivity contribution in [2.24, 2.45) is 11.8 Å². The van der Waals surface area contributed by atoms with E-state index < -0.39 is 10.0 Å². The Kier molecular flexibility index (Phi) is 5.30. The normalized spacial score (nSPS) is 15.2. The maximum absolute atomic E-state index is 12.0. The van der Waals surface area contributed by atoms with Gasteiger partial charge in [-0.15, -0.1) is 0 Å². The third kappa shape index (κ3) is 4.71. The average Bonchev–Trinajstić information content (AvgIpc) is 3.27. The lowest BCUT2D eigenvalue weighted by molar-refractivity contribution is 0.123. The highest BCUT2D eigenvalue weighted by Gasteiger charge is 2.21. The molecular weight excluding hydrogens is 280 g/mol. The third-order valence-electron chi connectivity index (χ3n) is 3.00. The molecule has 1 fully saturated rings. The minimum Gasteiger partial charge on any atom is -0.381 e. The zero-order valence-electron chi connectivity index (χ0n) is 11.2. The fourth-order valence-electron chi connectivity index (χ4n) is 1.66. The second-order valence-corrected chi connectivity index (χ2v) is 6.56. The van der Waals surface area contributed by atoms with Gasteiger partial charge in [-0.05, 0) is 31.2 Å². The molecule has 0 spiro atoms. The van der Waals surface area contributed by atoms with E-state index in [-0.39, 0.29) is 4.90 Å². The molecule has 1 aliphatic rings. The number of nitrogen functional groups attached to an aromatic ring is 1. The molecule has 112 valence electrons. The number of anilines is 1. The number of nitrogens with one attached hydrogen (secondary N) is 2. The molecule has 2 rings (SSSR count). The Bertz CT molecular complexity index is 531. The van der Waals surface area contributed by atoms with Crippen LogP contribution in [0.5, 0.6) is 0 Å². The van der Waals surface area contributed by atoms with Gasteiger partial charge in [-0.1, -0.05) is 0 Å². The van der Waals surface area contributed by atoms with E-state index in [2.05, 4.69) is 15.1 Å². The van der Waals surface area contributed by atoms with Crippen LogP contribution in [0, 0.1) is 5.92 Å². The number of hydrazine groups is 1. The lowest BCUT2D eigenvalue weighted by atomic mass is 10.4. The maximum atomic E-state index is 12.0. The molecule has 1 heterocycles. The number of pyridine rings is 1. The molecule has 0 atom stereocenters. The Morgan fingerprint density at radius 1 is 1.45 bits per heavy atom. The highest BCUT2D eigenvalue weighted by Crippen LogP contribution is 2.28. The first-order valence-electron chi connectivity index (χ1n) is 6.62. The van der Waals surface area contributed by atoms with Gasteiger partial charge in [-0.2, -0.15) is 0 Å². The molecule has 0 radical (unpaired) electrons. The Balaban J connectivity index is 1.74. The number of ether oxygens (including phenoxy) is 1. The van der Waals surface area contributed by atoms with Crippen molar-refractivity contribution < 1.29 is 13.2 Å². The van der Waals surface area contributed by atoms with E-state index in [0.717, 1.165) is 12.5 Å². The van der Waals surface area contributed by atoms with E-state index >= 15 is 0 Å². The summed E-state index contributed by atoms with van der Waals surface area (Å²) in [7, 11) is -3.53. The van der Waals surface area contributed by atoms with Gasteiger partial charge >= 0.3 is 0 Å². The van der Waals surface area contributed by atoms with Crippen LogP contribution in [-0.4, -0.2) is 33.2 Å². The molecule has 0 unspecified atom stereocenters. The predicted octanol–water partition coefficient (Wildman–Crippen LogP) is 0.462. The molecule has 7 nitrogen and oxygen atoms in total. The summed E-state index contributed by atoms with van der Waals surface area (Å²) >= 11 is 0. The van der Waals surface area contributed by atoms with Crippen molar-refractivity contribution in [2.75, 3.05) is 25.2 Å². The fraction of sp³-hybridized carbons (Fsp3) is 0.583. The summed E-state index contributed by atoms with van der Waals surface area (Å²) < 4.78 is 32.0. The second-order valence-electron chi connectivity index (χ2n) is 4.79. The molecule has 0 aromatic carbocycles. The van der Waals surface area contributed by atoms with Crippen LogP contribution in [0.1, 0.15) is 19.3 Å². The molecule has 1 aromatic rings. The van der Waals surface area contributed by atoms with Crippen LogP contribution in [0.4, 0.5) is 5.82 Å². The summed E-state index contributed by atoms with van der Waals surface area (Å²) in [5, 5.41) is 0. The van der Waals surface area contributed by atoms with Crippen molar-refractivity contribution >= 4 is 15.8 Å². The average molecular weight is 300 g/mol. The SMILES string of the molecule is NNc1cc(S(=O)(=O)NCCCOCC2CC2)ccn1. The lowest BCUT2D eigenvalue weighted by Crippen LogP contribution is -2.26. The molecule has 1 aromatic heterocycles. The van der Waals surface area contributed by atoms with E-state index in [0.29, 0.717) is 25.4 Å². The van der Waals surface area contributed by atoms with Gasteiger partial charge in [0.05, 0.1) is 4.90 Å². The van der Waals surface area contributed by atoms with Gasteiger partial charge in [0.1, 0.15) is 5.82 Å². The summed E-state index contributed by atoms with van der Waals surface area (Å²) in [6, 6.07) is 2.80. The van der Waals surface area contributed by atoms with Crippen LogP contribution in [0.25, 0.3) is 0 Å². The third-order valence-corrected chi connectivity index (χ3v) is 4.46. The van der Waals surface area contributed by atoms with E-state index in [1.807, 2.05) is 0 Å². The van der Waals surface area contributed by atoms with Crippen molar-refractivity contribution in [3.8, 4) is 0 Å². The van der Waals surface area contributed by atoms with Crippen LogP contribution in [0.2, 0.25) is 0 Å². The Morgan fingerprint density at radius 3 is 2.95 bits per heavy atom. The molecule has 1 saturated carbocycles. The molecule has 4 N–H and O–H groups in total. The number of rotatable bonds is 9. The maximum Gasteiger partial charge on any atom is 0.240 e. The van der Waals surface area contributed by atoms with Crippen molar-refractivity contribution in [2.45, 2.75) is 24.2 Å². The summed E-state index contributed by atoms with van der Waals surface area (Å²) in [4.78, 5) is 4.00. The Morgan fingerprint density at radius 2 is 2.25 bits per heavy atom. The first kappa shape index (κ1) is 15.2. The van der Waals surface area contributed by atoms with Gasteiger partial charge in [0.25, 0.3) is 0 Å². The zero-order valence-corrected chi connectivity index (χ0v) is 12.0. The van der Waals surface area contributed by atoms with Crippen LogP contribution in [-0.2, 0) is 14.8 Å². The molecular formula is C12H20N4O3S. The van der Waals surface area contributed by atoms with E-state index in [4.69, 9.17) is 10.6 Å². The number of sulfonamides is 1. The number of nitrogens with two attached hydrogens (primary N) is 1. The summed E-state index contributed by atoms with van der Waals surface area (Å²) in [5.41, 5.74) is 2.32. The Labute approximate surface area is 118 Å². The number of aromatic nitrogens is 1. The summed E-state index contributed by atoms with van der Waals surface area (Å²) in [5.74, 6) is 6.24. The minimum atomic E-state index is -3.53. The minimum absolute atomic E-state index is 0.138. The standard InChI is InChI=1S/C12H20N4O3S/c13-16-12-8-11(4-6-14-12)20(17,18)15-5-1-7-19-9-10-2-3-10/h4,6,8,10,15H,1-3,5,7,9,13H2,(H,14,16). The molecule has 0 aliphatic heterocycles. The highest BCUT2D eigenvalue weighted by molar-refractivity contribution is 7.89. The lowest BCUT2D eigenvalue weighted by Gasteiger charge is -2.08. The Hall–Kier alpha value is -1.22. The fourth-order valence-corrected chi connectivity index (χ4v) is 2.74. The van der Waals surface area contributed by atoms with Gasteiger partial charge in [-0.25, -0.2) is 24.0 Å². The quantitative estimate of drug-likeness (QED) is 0.347. The van der Waals surface area contributed by atoms with Crippen LogP contribution < -0.4 is 16.0 Å². The van der Waals surface area contributed by atoms with E-state index in [1.165, 1.54) is 31.2 Å². The first-order valence-corrected chi connectivity index (χ1v) is 8.10. The van der Waals surface area contributed by atoms with E-state index in [9.17, 15) is 8.42 Å². The van der Waals surface area contributed by atoms with Gasteiger partial charge in [0.2, 0.25) is 10.0 Å². The highest BCUT2D eigenvalue weighted by atomic mass is 32.2. The monoisotopic (exact) mass is 300 g/mol. The molecule has 20 heavy (non-hydrogen) atoms. The van der Waals surface area contributed by atoms with E-state index in [1.54, 1.807) is 0 Å². The van der Waals surface area contributed by atoms with Gasteiger partial charge < -0.3 is 10.2 Å². The largest absolute Gasteiger partial charge is 0.381 e. The molecule has 0 saturated heterocycles. The number of hydrogen-bond donors (Lipinski definition) is 3. The van der Waals surface area contributed by atoms with Crippen LogP contribution in [0.15, 0.2) is 23.2 Å². The molecule has 1 aliphatic carbocycles. The van der Waals surface area contributed by atoms with Crippen molar-refractivity contribution in [1.82, 2.24) is 9.71 Å². The molecule has 0 bridgehead atoms. The van der Waals surface area contributed by atoms with Crippen molar-refractivity contribution in [3.05, 3.63) is 18.3 Å². The number of hydrogen-bond acceptors (Lipinski definition) is 6. The molecule has 8 heteroatoms. The smallest absolute Gasteiger partial charge is 0.240 e.